The summed E-state index contributed by atoms with van der Waals surface area (Å²) in [7, 11) is 3.04. The number of ether oxygens (including phenoxy) is 1. The van der Waals surface area contributed by atoms with Crippen molar-refractivity contribution in [2.45, 2.75) is 26.2 Å². The fraction of sp³-hybridized carbons (Fsp3) is 0.500. The summed E-state index contributed by atoms with van der Waals surface area (Å²) in [5.41, 5.74) is 0.826. The first-order valence-electron chi connectivity index (χ1n) is 6.03. The third-order valence-corrected chi connectivity index (χ3v) is 3.09. The van der Waals surface area contributed by atoms with E-state index < -0.39 is 5.82 Å². The van der Waals surface area contributed by atoms with Gasteiger partial charge in [-0.25, -0.2) is 4.39 Å². The van der Waals surface area contributed by atoms with E-state index in [2.05, 4.69) is 5.32 Å². The summed E-state index contributed by atoms with van der Waals surface area (Å²) in [5, 5.41) is 2.60. The van der Waals surface area contributed by atoms with E-state index in [9.17, 15) is 9.18 Å². The molecule has 0 aromatic heterocycles. The lowest BCUT2D eigenvalue weighted by Crippen LogP contribution is -2.22. The average Bonchev–Trinajstić information content (AvgIpc) is 2.35. The zero-order valence-corrected chi connectivity index (χ0v) is 11.3. The second-order valence-corrected chi connectivity index (χ2v) is 4.62. The smallest absolute Gasteiger partial charge is 0.220 e. The minimum atomic E-state index is -0.391. The highest BCUT2D eigenvalue weighted by molar-refractivity contribution is 5.76. The second kappa shape index (κ2) is 6.38. The van der Waals surface area contributed by atoms with E-state index in [-0.39, 0.29) is 23.5 Å². The van der Waals surface area contributed by atoms with Crippen LogP contribution < -0.4 is 10.1 Å². The van der Waals surface area contributed by atoms with Gasteiger partial charge in [0.05, 0.1) is 7.11 Å². The zero-order valence-electron chi connectivity index (χ0n) is 11.3. The molecule has 0 bridgehead atoms. The summed E-state index contributed by atoms with van der Waals surface area (Å²) in [6.45, 7) is 4.05. The molecule has 4 heteroatoms. The van der Waals surface area contributed by atoms with Crippen LogP contribution in [0.1, 0.15) is 31.7 Å². The van der Waals surface area contributed by atoms with Gasteiger partial charge in [0.25, 0.3) is 0 Å². The Morgan fingerprint density at radius 1 is 1.44 bits per heavy atom. The molecule has 1 rings (SSSR count). The molecule has 0 aliphatic carbocycles. The molecule has 0 spiro atoms. The van der Waals surface area contributed by atoms with Crippen LogP contribution in [-0.4, -0.2) is 20.1 Å². The lowest BCUT2D eigenvalue weighted by atomic mass is 9.85. The number of benzene rings is 1. The minimum absolute atomic E-state index is 0.00496. The van der Waals surface area contributed by atoms with Crippen molar-refractivity contribution in [2.75, 3.05) is 14.2 Å². The van der Waals surface area contributed by atoms with Crippen molar-refractivity contribution in [3.05, 3.63) is 29.6 Å². The van der Waals surface area contributed by atoms with Gasteiger partial charge in [0.1, 0.15) is 0 Å². The molecule has 1 unspecified atom stereocenters. The highest BCUT2D eigenvalue weighted by Crippen LogP contribution is 2.30. The van der Waals surface area contributed by atoms with E-state index in [1.54, 1.807) is 13.1 Å². The normalized spacial score (nSPS) is 12.3. The summed E-state index contributed by atoms with van der Waals surface area (Å²) in [5.74, 6) is 0.0594. The maximum Gasteiger partial charge on any atom is 0.220 e. The van der Waals surface area contributed by atoms with Crippen LogP contribution in [0.25, 0.3) is 0 Å². The number of methoxy groups -OCH3 is 1. The maximum absolute atomic E-state index is 13.7. The number of carbonyl (C=O) groups is 1. The van der Waals surface area contributed by atoms with Crippen LogP contribution in [0.5, 0.6) is 5.75 Å². The molecule has 18 heavy (non-hydrogen) atoms. The van der Waals surface area contributed by atoms with E-state index in [0.29, 0.717) is 6.42 Å². The molecule has 1 amide bonds. The molecule has 1 aromatic carbocycles. The monoisotopic (exact) mass is 253 g/mol. The Bertz CT molecular complexity index is 418. The van der Waals surface area contributed by atoms with Gasteiger partial charge in [0, 0.05) is 13.5 Å². The van der Waals surface area contributed by atoms with Crippen LogP contribution in [-0.2, 0) is 4.79 Å². The van der Waals surface area contributed by atoms with E-state index in [1.807, 2.05) is 19.9 Å². The third-order valence-electron chi connectivity index (χ3n) is 3.09. The van der Waals surface area contributed by atoms with Gasteiger partial charge < -0.3 is 10.1 Å². The molecule has 100 valence electrons. The summed E-state index contributed by atoms with van der Waals surface area (Å²) in [6.07, 6.45) is 0.361. The number of carbonyl (C=O) groups excluding carboxylic acids is 1. The van der Waals surface area contributed by atoms with Crippen LogP contribution >= 0.6 is 0 Å². The Hall–Kier alpha value is -1.58. The first-order valence-corrected chi connectivity index (χ1v) is 6.03. The van der Waals surface area contributed by atoms with Crippen molar-refractivity contribution in [3.8, 4) is 5.75 Å². The van der Waals surface area contributed by atoms with Crippen molar-refractivity contribution in [2.24, 2.45) is 5.92 Å². The number of rotatable bonds is 5. The molecular formula is C14H20FNO2. The highest BCUT2D eigenvalue weighted by atomic mass is 19.1. The molecule has 1 atom stereocenters. The lowest BCUT2D eigenvalue weighted by molar-refractivity contribution is -0.121. The van der Waals surface area contributed by atoms with Gasteiger partial charge in [0.15, 0.2) is 11.6 Å². The molecule has 0 aliphatic rings. The Labute approximate surface area is 107 Å². The summed E-state index contributed by atoms with van der Waals surface area (Å²) in [4.78, 5) is 11.5. The van der Waals surface area contributed by atoms with Crippen molar-refractivity contribution in [3.63, 3.8) is 0 Å². The van der Waals surface area contributed by atoms with Gasteiger partial charge in [-0.15, -0.1) is 0 Å². The zero-order chi connectivity index (χ0) is 13.7. The van der Waals surface area contributed by atoms with Crippen LogP contribution in [0.3, 0.4) is 0 Å². The average molecular weight is 253 g/mol. The predicted octanol–water partition coefficient (Wildman–Crippen LogP) is 2.71. The fourth-order valence-corrected chi connectivity index (χ4v) is 1.95. The molecule has 0 radical (unpaired) electrons. The van der Waals surface area contributed by atoms with Gasteiger partial charge >= 0.3 is 0 Å². The van der Waals surface area contributed by atoms with Gasteiger partial charge in [-0.3, -0.25) is 4.79 Å². The first kappa shape index (κ1) is 14.5. The van der Waals surface area contributed by atoms with Gasteiger partial charge in [-0.2, -0.15) is 0 Å². The molecule has 0 saturated carbocycles. The summed E-state index contributed by atoms with van der Waals surface area (Å²) in [6, 6.07) is 4.87. The number of amides is 1. The van der Waals surface area contributed by atoms with Crippen molar-refractivity contribution < 1.29 is 13.9 Å². The Morgan fingerprint density at radius 2 is 2.11 bits per heavy atom. The number of hydrogen-bond acceptors (Lipinski definition) is 2. The van der Waals surface area contributed by atoms with Crippen LogP contribution in [0.2, 0.25) is 0 Å². The highest BCUT2D eigenvalue weighted by Gasteiger charge is 2.20. The van der Waals surface area contributed by atoms with E-state index in [1.165, 1.54) is 13.2 Å². The molecule has 0 saturated heterocycles. The van der Waals surface area contributed by atoms with Gasteiger partial charge in [0.2, 0.25) is 5.91 Å². The molecule has 3 nitrogen and oxygen atoms in total. The van der Waals surface area contributed by atoms with Gasteiger partial charge in [-0.1, -0.05) is 19.9 Å². The number of nitrogens with one attached hydrogen (secondary N) is 1. The third kappa shape index (κ3) is 3.45. The second-order valence-electron chi connectivity index (χ2n) is 4.62. The Morgan fingerprint density at radius 3 is 2.56 bits per heavy atom. The largest absolute Gasteiger partial charge is 0.494 e. The SMILES string of the molecule is CNC(=O)CC(c1ccc(OC)c(F)c1)C(C)C. The van der Waals surface area contributed by atoms with E-state index in [4.69, 9.17) is 4.74 Å². The van der Waals surface area contributed by atoms with Crippen molar-refractivity contribution in [1.29, 1.82) is 0 Å². The molecule has 0 aliphatic heterocycles. The van der Waals surface area contributed by atoms with E-state index >= 15 is 0 Å². The topological polar surface area (TPSA) is 38.3 Å². The van der Waals surface area contributed by atoms with Crippen LogP contribution in [0.4, 0.5) is 4.39 Å². The molecular weight excluding hydrogens is 233 g/mol. The predicted molar refractivity (Wildman–Crippen MR) is 69.2 cm³/mol. The molecule has 1 aromatic rings. The fourth-order valence-electron chi connectivity index (χ4n) is 1.95. The maximum atomic E-state index is 13.7. The van der Waals surface area contributed by atoms with Crippen LogP contribution in [0, 0.1) is 11.7 Å². The molecule has 1 N–H and O–H groups in total. The Kier molecular flexibility index (Phi) is 5.13. The summed E-state index contributed by atoms with van der Waals surface area (Å²) < 4.78 is 18.6. The summed E-state index contributed by atoms with van der Waals surface area (Å²) >= 11 is 0. The van der Waals surface area contributed by atoms with Crippen molar-refractivity contribution >= 4 is 5.91 Å². The number of hydrogen-bond donors (Lipinski definition) is 1. The molecule has 0 heterocycles. The van der Waals surface area contributed by atoms with E-state index in [0.717, 1.165) is 5.56 Å². The molecule has 0 fully saturated rings. The minimum Gasteiger partial charge on any atom is -0.494 e. The number of halogens is 1. The van der Waals surface area contributed by atoms with Crippen LogP contribution in [0.15, 0.2) is 18.2 Å². The quantitative estimate of drug-likeness (QED) is 0.876. The standard InChI is InChI=1S/C14H20FNO2/c1-9(2)11(8-14(17)16-3)10-5-6-13(18-4)12(15)7-10/h5-7,9,11H,8H2,1-4H3,(H,16,17). The van der Waals surface area contributed by atoms with Gasteiger partial charge in [-0.05, 0) is 29.5 Å². The van der Waals surface area contributed by atoms with Crippen molar-refractivity contribution in [1.82, 2.24) is 5.32 Å². The first-order chi connectivity index (χ1) is 8.49. The lowest BCUT2D eigenvalue weighted by Gasteiger charge is -2.21. The Balaban J connectivity index is 2.99.